The maximum absolute atomic E-state index is 12.2. The molecule has 0 saturated carbocycles. The molecule has 3 rings (SSSR count). The zero-order chi connectivity index (χ0) is 15.4. The number of carbonyl (C=O) groups excluding carboxylic acids is 1. The Morgan fingerprint density at radius 1 is 1.18 bits per heavy atom. The van der Waals surface area contributed by atoms with Crippen molar-refractivity contribution < 1.29 is 4.79 Å². The van der Waals surface area contributed by atoms with Gasteiger partial charge in [-0.1, -0.05) is 6.07 Å². The van der Waals surface area contributed by atoms with E-state index in [9.17, 15) is 4.79 Å². The molecule has 0 bridgehead atoms. The molecule has 2 aromatic heterocycles. The number of thiophene rings is 1. The highest BCUT2D eigenvalue weighted by Gasteiger charge is 2.20. The molecule has 114 valence electrons. The van der Waals surface area contributed by atoms with Gasteiger partial charge >= 0.3 is 0 Å². The third-order valence-corrected chi connectivity index (χ3v) is 4.47. The van der Waals surface area contributed by atoms with Gasteiger partial charge in [0, 0.05) is 37.1 Å². The highest BCUT2D eigenvalue weighted by Crippen LogP contribution is 2.14. The van der Waals surface area contributed by atoms with E-state index in [1.54, 1.807) is 17.4 Å². The predicted octanol–water partition coefficient (Wildman–Crippen LogP) is 2.21. The summed E-state index contributed by atoms with van der Waals surface area (Å²) < 4.78 is 0. The Labute approximate surface area is 133 Å². The molecule has 0 radical (unpaired) electrons. The van der Waals surface area contributed by atoms with Gasteiger partial charge in [0.1, 0.15) is 0 Å². The quantitative estimate of drug-likeness (QED) is 0.815. The fourth-order valence-electron chi connectivity index (χ4n) is 2.36. The molecule has 0 spiro atoms. The highest BCUT2D eigenvalue weighted by atomic mass is 32.1. The molecule has 0 atom stereocenters. The summed E-state index contributed by atoms with van der Waals surface area (Å²) in [7, 11) is 0. The van der Waals surface area contributed by atoms with Gasteiger partial charge in [-0.15, -0.1) is 16.4 Å². The fraction of sp³-hybridized carbons (Fsp3) is 0.312. The average molecular weight is 314 g/mol. The standard InChI is InChI=1S/C16H18N4OS/c1-13-4-6-15(18-17-13)19-8-10-20(11-9-19)16(21)7-5-14-3-2-12-22-14/h2-7,12H,8-11H2,1H3/b7-5+. The highest BCUT2D eigenvalue weighted by molar-refractivity contribution is 7.10. The van der Waals surface area contributed by atoms with Crippen LogP contribution in [0.2, 0.25) is 0 Å². The zero-order valence-electron chi connectivity index (χ0n) is 12.5. The largest absolute Gasteiger partial charge is 0.352 e. The van der Waals surface area contributed by atoms with Crippen LogP contribution in [0, 0.1) is 6.92 Å². The van der Waals surface area contributed by atoms with Crippen LogP contribution in [0.3, 0.4) is 0 Å². The number of carbonyl (C=O) groups is 1. The molecule has 2 aromatic rings. The normalized spacial score (nSPS) is 15.5. The lowest BCUT2D eigenvalue weighted by Crippen LogP contribution is -2.48. The Bertz CT molecular complexity index is 643. The van der Waals surface area contributed by atoms with Crippen molar-refractivity contribution in [3.8, 4) is 0 Å². The Morgan fingerprint density at radius 2 is 2.00 bits per heavy atom. The van der Waals surface area contributed by atoms with Crippen LogP contribution >= 0.6 is 11.3 Å². The molecule has 5 nitrogen and oxygen atoms in total. The number of rotatable bonds is 3. The van der Waals surface area contributed by atoms with Crippen LogP contribution in [0.1, 0.15) is 10.6 Å². The van der Waals surface area contributed by atoms with E-state index in [-0.39, 0.29) is 5.91 Å². The molecular weight excluding hydrogens is 296 g/mol. The first-order chi connectivity index (χ1) is 10.7. The number of hydrogen-bond acceptors (Lipinski definition) is 5. The summed E-state index contributed by atoms with van der Waals surface area (Å²) in [6.45, 7) is 4.92. The second kappa shape index (κ2) is 6.70. The monoisotopic (exact) mass is 314 g/mol. The van der Waals surface area contributed by atoms with Gasteiger partial charge < -0.3 is 9.80 Å². The van der Waals surface area contributed by atoms with E-state index in [0.29, 0.717) is 13.1 Å². The van der Waals surface area contributed by atoms with Crippen LogP contribution in [0.15, 0.2) is 35.7 Å². The van der Waals surface area contributed by atoms with E-state index in [4.69, 9.17) is 0 Å². The number of amides is 1. The van der Waals surface area contributed by atoms with Crippen molar-refractivity contribution in [1.82, 2.24) is 15.1 Å². The summed E-state index contributed by atoms with van der Waals surface area (Å²) in [4.78, 5) is 17.3. The summed E-state index contributed by atoms with van der Waals surface area (Å²) in [5.74, 6) is 0.954. The predicted molar refractivity (Wildman–Crippen MR) is 88.9 cm³/mol. The van der Waals surface area contributed by atoms with Crippen LogP contribution in [-0.4, -0.2) is 47.2 Å². The smallest absolute Gasteiger partial charge is 0.246 e. The molecule has 1 amide bonds. The molecule has 3 heterocycles. The summed E-state index contributed by atoms with van der Waals surface area (Å²) in [5, 5.41) is 10.3. The number of aryl methyl sites for hydroxylation is 1. The molecular formula is C16H18N4OS. The van der Waals surface area contributed by atoms with E-state index in [2.05, 4.69) is 15.1 Å². The van der Waals surface area contributed by atoms with Crippen molar-refractivity contribution in [3.05, 3.63) is 46.3 Å². The number of piperazine rings is 1. The third kappa shape index (κ3) is 3.51. The zero-order valence-corrected chi connectivity index (χ0v) is 13.3. The number of hydrogen-bond donors (Lipinski definition) is 0. The summed E-state index contributed by atoms with van der Waals surface area (Å²) in [6, 6.07) is 7.93. The number of anilines is 1. The average Bonchev–Trinajstić information content (AvgIpc) is 3.07. The van der Waals surface area contributed by atoms with E-state index >= 15 is 0 Å². The summed E-state index contributed by atoms with van der Waals surface area (Å²) in [5.41, 5.74) is 0.913. The number of nitrogens with zero attached hydrogens (tertiary/aromatic N) is 4. The van der Waals surface area contributed by atoms with Gasteiger partial charge in [-0.3, -0.25) is 4.79 Å². The molecule has 0 unspecified atom stereocenters. The molecule has 0 aliphatic carbocycles. The van der Waals surface area contributed by atoms with E-state index in [1.165, 1.54) is 0 Å². The van der Waals surface area contributed by atoms with Crippen LogP contribution in [0.25, 0.3) is 6.08 Å². The topological polar surface area (TPSA) is 49.3 Å². The van der Waals surface area contributed by atoms with Crippen molar-refractivity contribution in [2.24, 2.45) is 0 Å². The van der Waals surface area contributed by atoms with Crippen LogP contribution in [0.4, 0.5) is 5.82 Å². The van der Waals surface area contributed by atoms with Crippen molar-refractivity contribution in [1.29, 1.82) is 0 Å². The first-order valence-corrected chi connectivity index (χ1v) is 8.16. The molecule has 1 saturated heterocycles. The van der Waals surface area contributed by atoms with Gasteiger partial charge in [0.05, 0.1) is 5.69 Å². The van der Waals surface area contributed by atoms with Crippen LogP contribution in [0.5, 0.6) is 0 Å². The van der Waals surface area contributed by atoms with Gasteiger partial charge in [0.15, 0.2) is 5.82 Å². The Hall–Kier alpha value is -2.21. The number of aromatic nitrogens is 2. The first kappa shape index (κ1) is 14.7. The van der Waals surface area contributed by atoms with E-state index in [0.717, 1.165) is 29.5 Å². The molecule has 6 heteroatoms. The summed E-state index contributed by atoms with van der Waals surface area (Å²) in [6.07, 6.45) is 3.54. The van der Waals surface area contributed by atoms with Crippen molar-refractivity contribution >= 4 is 29.1 Å². The van der Waals surface area contributed by atoms with Crippen LogP contribution < -0.4 is 4.90 Å². The third-order valence-electron chi connectivity index (χ3n) is 3.63. The van der Waals surface area contributed by atoms with Gasteiger partial charge in [-0.2, -0.15) is 5.10 Å². The molecule has 1 fully saturated rings. The van der Waals surface area contributed by atoms with Crippen LogP contribution in [-0.2, 0) is 4.79 Å². The van der Waals surface area contributed by atoms with Crippen molar-refractivity contribution in [3.63, 3.8) is 0 Å². The Kier molecular flexibility index (Phi) is 4.48. The Balaban J connectivity index is 1.55. The SMILES string of the molecule is Cc1ccc(N2CCN(C(=O)/C=C/c3cccs3)CC2)nn1. The lowest BCUT2D eigenvalue weighted by atomic mass is 10.3. The minimum Gasteiger partial charge on any atom is -0.352 e. The lowest BCUT2D eigenvalue weighted by Gasteiger charge is -2.34. The minimum absolute atomic E-state index is 0.0723. The van der Waals surface area contributed by atoms with E-state index in [1.807, 2.05) is 47.5 Å². The van der Waals surface area contributed by atoms with Gasteiger partial charge in [-0.25, -0.2) is 0 Å². The molecule has 22 heavy (non-hydrogen) atoms. The fourth-order valence-corrected chi connectivity index (χ4v) is 2.98. The van der Waals surface area contributed by atoms with Crippen molar-refractivity contribution in [2.75, 3.05) is 31.1 Å². The maximum atomic E-state index is 12.2. The van der Waals surface area contributed by atoms with Gasteiger partial charge in [-0.05, 0) is 36.6 Å². The lowest BCUT2D eigenvalue weighted by molar-refractivity contribution is -0.126. The van der Waals surface area contributed by atoms with Crippen molar-refractivity contribution in [2.45, 2.75) is 6.92 Å². The first-order valence-electron chi connectivity index (χ1n) is 7.28. The minimum atomic E-state index is 0.0723. The van der Waals surface area contributed by atoms with E-state index < -0.39 is 0 Å². The van der Waals surface area contributed by atoms with Gasteiger partial charge in [0.25, 0.3) is 0 Å². The molecule has 1 aliphatic heterocycles. The molecule has 1 aliphatic rings. The van der Waals surface area contributed by atoms with Gasteiger partial charge in [0.2, 0.25) is 5.91 Å². The second-order valence-corrected chi connectivity index (χ2v) is 6.17. The molecule has 0 aromatic carbocycles. The second-order valence-electron chi connectivity index (χ2n) is 5.19. The molecule has 0 N–H and O–H groups in total. The maximum Gasteiger partial charge on any atom is 0.246 e. The summed E-state index contributed by atoms with van der Waals surface area (Å²) >= 11 is 1.63. The Morgan fingerprint density at radius 3 is 2.64 bits per heavy atom.